The molecule has 0 radical (unpaired) electrons. The average Bonchev–Trinajstić information content (AvgIpc) is 2.81. The predicted octanol–water partition coefficient (Wildman–Crippen LogP) is 2.35. The number of carbonyl (C=O) groups is 2. The minimum atomic E-state index is -0.481. The molecule has 134 valence electrons. The quantitative estimate of drug-likeness (QED) is 0.776. The lowest BCUT2D eigenvalue weighted by atomic mass is 9.78. The molecule has 2 saturated heterocycles. The first-order chi connectivity index (χ1) is 10.3. The Morgan fingerprint density at radius 2 is 1.87 bits per heavy atom. The lowest BCUT2D eigenvalue weighted by Crippen LogP contribution is -2.56. The van der Waals surface area contributed by atoms with E-state index in [2.05, 4.69) is 5.32 Å². The summed E-state index contributed by atoms with van der Waals surface area (Å²) in [6.07, 6.45) is 2.06. The van der Waals surface area contributed by atoms with Gasteiger partial charge in [-0.3, -0.25) is 4.79 Å². The molecule has 2 fully saturated rings. The van der Waals surface area contributed by atoms with Crippen LogP contribution in [0.2, 0.25) is 0 Å². The summed E-state index contributed by atoms with van der Waals surface area (Å²) in [4.78, 5) is 26.0. The van der Waals surface area contributed by atoms with Crippen molar-refractivity contribution in [2.75, 3.05) is 26.2 Å². The Labute approximate surface area is 144 Å². The number of carbonyl (C=O) groups excluding carboxylic acids is 2. The van der Waals surface area contributed by atoms with Crippen molar-refractivity contribution < 1.29 is 19.1 Å². The van der Waals surface area contributed by atoms with Crippen molar-refractivity contribution in [3.05, 3.63) is 0 Å². The van der Waals surface area contributed by atoms with Crippen LogP contribution in [0.4, 0.5) is 4.79 Å². The van der Waals surface area contributed by atoms with Crippen LogP contribution in [-0.2, 0) is 14.3 Å². The van der Waals surface area contributed by atoms with Gasteiger partial charge in [0.15, 0.2) is 0 Å². The fourth-order valence-corrected chi connectivity index (χ4v) is 3.39. The maximum absolute atomic E-state index is 12.2. The van der Waals surface area contributed by atoms with Gasteiger partial charge in [-0.05, 0) is 53.5 Å². The van der Waals surface area contributed by atoms with Crippen molar-refractivity contribution in [1.29, 1.82) is 0 Å². The molecule has 2 aliphatic rings. The van der Waals surface area contributed by atoms with Gasteiger partial charge >= 0.3 is 12.1 Å². The van der Waals surface area contributed by atoms with E-state index in [0.29, 0.717) is 19.7 Å². The summed E-state index contributed by atoms with van der Waals surface area (Å²) in [5.74, 6) is -0.216. The Kier molecular flexibility index (Phi) is 6.71. The number of nitrogens with one attached hydrogen (secondary N) is 1. The molecule has 0 aromatic heterocycles. The Bertz CT molecular complexity index is 428. The molecule has 1 amide bonds. The highest BCUT2D eigenvalue weighted by atomic mass is 35.5. The Balaban J connectivity index is 0.00000264. The number of amides is 1. The summed E-state index contributed by atoms with van der Waals surface area (Å²) in [6, 6.07) is 0. The molecule has 2 rings (SSSR count). The zero-order chi connectivity index (χ0) is 16.4. The van der Waals surface area contributed by atoms with E-state index in [1.54, 1.807) is 4.90 Å². The van der Waals surface area contributed by atoms with Gasteiger partial charge < -0.3 is 19.7 Å². The number of piperidine rings is 1. The van der Waals surface area contributed by atoms with Crippen LogP contribution in [-0.4, -0.2) is 54.3 Å². The second-order valence-electron chi connectivity index (χ2n) is 7.14. The molecule has 6 nitrogen and oxygen atoms in total. The fourth-order valence-electron chi connectivity index (χ4n) is 3.39. The molecule has 1 spiro atoms. The highest BCUT2D eigenvalue weighted by Gasteiger charge is 2.49. The number of likely N-dealkylation sites (tertiary alicyclic amines) is 1. The van der Waals surface area contributed by atoms with Crippen molar-refractivity contribution in [3.8, 4) is 0 Å². The third-order valence-corrected chi connectivity index (χ3v) is 4.46. The molecule has 0 saturated carbocycles. The summed E-state index contributed by atoms with van der Waals surface area (Å²) >= 11 is 0. The van der Waals surface area contributed by atoms with Gasteiger partial charge in [0, 0.05) is 18.6 Å². The van der Waals surface area contributed by atoms with Crippen LogP contribution < -0.4 is 5.32 Å². The summed E-state index contributed by atoms with van der Waals surface area (Å²) < 4.78 is 10.6. The summed E-state index contributed by atoms with van der Waals surface area (Å²) in [5.41, 5.74) is -0.698. The largest absolute Gasteiger partial charge is 0.466 e. The molecule has 1 unspecified atom stereocenters. The number of halogens is 1. The van der Waals surface area contributed by atoms with Gasteiger partial charge in [0.2, 0.25) is 0 Å². The van der Waals surface area contributed by atoms with Gasteiger partial charge in [-0.1, -0.05) is 0 Å². The standard InChI is InChI=1S/C16H28N2O4.ClH/c1-5-21-13(19)12-6-9-17-16(12)7-10-18(11-8-16)14(20)22-15(2,3)4;/h12,17H,5-11H2,1-4H3;1H. The summed E-state index contributed by atoms with van der Waals surface area (Å²) in [7, 11) is 0. The Hall–Kier alpha value is -1.01. The number of rotatable bonds is 2. The van der Waals surface area contributed by atoms with Crippen LogP contribution in [0.3, 0.4) is 0 Å². The first-order valence-corrected chi connectivity index (χ1v) is 8.17. The molecule has 0 aromatic rings. The maximum Gasteiger partial charge on any atom is 0.410 e. The first kappa shape index (κ1) is 20.0. The zero-order valence-corrected chi connectivity index (χ0v) is 15.3. The van der Waals surface area contributed by atoms with E-state index in [1.807, 2.05) is 27.7 Å². The van der Waals surface area contributed by atoms with Crippen LogP contribution in [0.1, 0.15) is 47.0 Å². The number of hydrogen-bond donors (Lipinski definition) is 1. The molecule has 2 heterocycles. The van der Waals surface area contributed by atoms with Gasteiger partial charge in [0.1, 0.15) is 5.60 Å². The third-order valence-electron chi connectivity index (χ3n) is 4.46. The third kappa shape index (κ3) is 4.73. The van der Waals surface area contributed by atoms with E-state index < -0.39 is 5.60 Å². The molecular formula is C16H29ClN2O4. The predicted molar refractivity (Wildman–Crippen MR) is 89.8 cm³/mol. The minimum Gasteiger partial charge on any atom is -0.466 e. The van der Waals surface area contributed by atoms with Crippen molar-refractivity contribution in [1.82, 2.24) is 10.2 Å². The smallest absolute Gasteiger partial charge is 0.410 e. The highest BCUT2D eigenvalue weighted by molar-refractivity contribution is 5.85. The Morgan fingerprint density at radius 1 is 1.26 bits per heavy atom. The number of esters is 1. The van der Waals surface area contributed by atoms with Crippen LogP contribution >= 0.6 is 12.4 Å². The normalized spacial score (nSPS) is 23.3. The maximum atomic E-state index is 12.2. The second kappa shape index (κ2) is 7.71. The van der Waals surface area contributed by atoms with E-state index in [1.165, 1.54) is 0 Å². The molecule has 0 aliphatic carbocycles. The van der Waals surface area contributed by atoms with Gasteiger partial charge in [0.25, 0.3) is 0 Å². The lowest BCUT2D eigenvalue weighted by Gasteiger charge is -2.42. The molecule has 2 aliphatic heterocycles. The summed E-state index contributed by atoms with van der Waals surface area (Å²) in [6.45, 7) is 9.89. The van der Waals surface area contributed by atoms with E-state index in [0.717, 1.165) is 25.8 Å². The molecule has 1 N–H and O–H groups in total. The number of hydrogen-bond acceptors (Lipinski definition) is 5. The van der Waals surface area contributed by atoms with Crippen molar-refractivity contribution in [2.45, 2.75) is 58.1 Å². The van der Waals surface area contributed by atoms with Crippen LogP contribution in [0.5, 0.6) is 0 Å². The number of ether oxygens (including phenoxy) is 2. The summed E-state index contributed by atoms with van der Waals surface area (Å²) in [5, 5.41) is 3.49. The van der Waals surface area contributed by atoms with E-state index in [-0.39, 0.29) is 35.9 Å². The van der Waals surface area contributed by atoms with E-state index >= 15 is 0 Å². The average molecular weight is 349 g/mol. The highest BCUT2D eigenvalue weighted by Crippen LogP contribution is 2.37. The van der Waals surface area contributed by atoms with E-state index in [9.17, 15) is 9.59 Å². The Morgan fingerprint density at radius 3 is 2.39 bits per heavy atom. The molecular weight excluding hydrogens is 320 g/mol. The fraction of sp³-hybridized carbons (Fsp3) is 0.875. The molecule has 0 bridgehead atoms. The van der Waals surface area contributed by atoms with Crippen LogP contribution in [0.25, 0.3) is 0 Å². The minimum absolute atomic E-state index is 0. The topological polar surface area (TPSA) is 67.9 Å². The van der Waals surface area contributed by atoms with Gasteiger partial charge in [-0.25, -0.2) is 4.79 Å². The van der Waals surface area contributed by atoms with Crippen molar-refractivity contribution >= 4 is 24.5 Å². The van der Waals surface area contributed by atoms with E-state index in [4.69, 9.17) is 9.47 Å². The van der Waals surface area contributed by atoms with Crippen molar-refractivity contribution in [2.24, 2.45) is 5.92 Å². The van der Waals surface area contributed by atoms with Gasteiger partial charge in [-0.2, -0.15) is 0 Å². The first-order valence-electron chi connectivity index (χ1n) is 8.17. The van der Waals surface area contributed by atoms with Crippen LogP contribution in [0, 0.1) is 5.92 Å². The molecule has 0 aromatic carbocycles. The monoisotopic (exact) mass is 348 g/mol. The van der Waals surface area contributed by atoms with Crippen LogP contribution in [0.15, 0.2) is 0 Å². The molecule has 23 heavy (non-hydrogen) atoms. The lowest BCUT2D eigenvalue weighted by molar-refractivity contribution is -0.150. The molecule has 7 heteroatoms. The molecule has 1 atom stereocenters. The van der Waals surface area contributed by atoms with Gasteiger partial charge in [0.05, 0.1) is 12.5 Å². The zero-order valence-electron chi connectivity index (χ0n) is 14.5. The number of nitrogens with zero attached hydrogens (tertiary/aromatic N) is 1. The van der Waals surface area contributed by atoms with Crippen molar-refractivity contribution in [3.63, 3.8) is 0 Å². The second-order valence-corrected chi connectivity index (χ2v) is 7.14. The van der Waals surface area contributed by atoms with Gasteiger partial charge in [-0.15, -0.1) is 12.4 Å². The SMILES string of the molecule is CCOC(=O)C1CCNC12CCN(C(=O)OC(C)(C)C)CC2.Cl.